The van der Waals surface area contributed by atoms with Crippen molar-refractivity contribution in [1.82, 2.24) is 9.97 Å². The number of aromatic nitrogens is 2. The van der Waals surface area contributed by atoms with Crippen LogP contribution in [0.15, 0.2) is 10.7 Å². The Hall–Kier alpha value is -0.880. The van der Waals surface area contributed by atoms with Gasteiger partial charge >= 0.3 is 0 Å². The highest BCUT2D eigenvalue weighted by Gasteiger charge is 2.05. The van der Waals surface area contributed by atoms with E-state index in [1.165, 1.54) is 0 Å². The first-order chi connectivity index (χ1) is 7.13. The third kappa shape index (κ3) is 4.01. The highest BCUT2D eigenvalue weighted by molar-refractivity contribution is 9.10. The Morgan fingerprint density at radius 1 is 1.60 bits per heavy atom. The Morgan fingerprint density at radius 3 is 2.93 bits per heavy atom. The molecule has 0 saturated carbocycles. The van der Waals surface area contributed by atoms with Crippen LogP contribution >= 0.6 is 15.9 Å². The molecule has 0 spiro atoms. The molecule has 0 aliphatic rings. The lowest BCUT2D eigenvalue weighted by atomic mass is 10.1. The highest BCUT2D eigenvalue weighted by Crippen LogP contribution is 2.22. The van der Waals surface area contributed by atoms with Crippen molar-refractivity contribution in [1.29, 1.82) is 0 Å². The summed E-state index contributed by atoms with van der Waals surface area (Å²) in [6.45, 7) is 4.92. The van der Waals surface area contributed by atoms with Gasteiger partial charge in [0.1, 0.15) is 0 Å². The molecule has 0 aliphatic carbocycles. The number of nitrogens with one attached hydrogen (secondary N) is 1. The Balaban J connectivity index is 2.59. The zero-order valence-corrected chi connectivity index (χ0v) is 10.4. The number of nitrogens with zero attached hydrogens (tertiary/aromatic N) is 2. The molecule has 15 heavy (non-hydrogen) atoms. The molecular formula is C9H15BrN4O. The van der Waals surface area contributed by atoms with Crippen molar-refractivity contribution in [2.45, 2.75) is 20.3 Å². The van der Waals surface area contributed by atoms with Crippen molar-refractivity contribution in [2.75, 3.05) is 12.0 Å². The summed E-state index contributed by atoms with van der Waals surface area (Å²) in [4.78, 5) is 8.00. The molecule has 6 heteroatoms. The van der Waals surface area contributed by atoms with Crippen LogP contribution in [-0.4, -0.2) is 16.6 Å². The summed E-state index contributed by atoms with van der Waals surface area (Å²) in [7, 11) is 0. The van der Waals surface area contributed by atoms with Gasteiger partial charge in [0.15, 0.2) is 0 Å². The summed E-state index contributed by atoms with van der Waals surface area (Å²) in [5.74, 6) is 6.67. The molecule has 5 nitrogen and oxygen atoms in total. The second-order valence-corrected chi connectivity index (χ2v) is 4.38. The van der Waals surface area contributed by atoms with Gasteiger partial charge in [-0.25, -0.2) is 10.8 Å². The summed E-state index contributed by atoms with van der Waals surface area (Å²) in [5, 5.41) is 0. The van der Waals surface area contributed by atoms with E-state index in [0.717, 1.165) is 10.9 Å². The fourth-order valence-corrected chi connectivity index (χ4v) is 1.22. The van der Waals surface area contributed by atoms with E-state index < -0.39 is 0 Å². The van der Waals surface area contributed by atoms with Gasteiger partial charge in [0.25, 0.3) is 0 Å². The minimum absolute atomic E-state index is 0.345. The van der Waals surface area contributed by atoms with Gasteiger partial charge in [0.2, 0.25) is 11.8 Å². The van der Waals surface area contributed by atoms with Crippen LogP contribution in [0.2, 0.25) is 0 Å². The van der Waals surface area contributed by atoms with Gasteiger partial charge in [-0.2, -0.15) is 4.98 Å². The van der Waals surface area contributed by atoms with Crippen molar-refractivity contribution >= 4 is 21.9 Å². The van der Waals surface area contributed by atoms with Crippen molar-refractivity contribution < 1.29 is 4.74 Å². The Kier molecular flexibility index (Phi) is 4.77. The van der Waals surface area contributed by atoms with E-state index in [1.807, 2.05) is 0 Å². The molecule has 0 saturated heterocycles. The standard InChI is InChI=1S/C9H15BrN4O/c1-6(2)3-4-15-8-7(10)5-12-9(13-8)14-11/h5-6H,3-4,11H2,1-2H3,(H,12,13,14). The van der Waals surface area contributed by atoms with Crippen molar-refractivity contribution in [3.8, 4) is 5.88 Å². The van der Waals surface area contributed by atoms with Crippen LogP contribution in [0, 0.1) is 5.92 Å². The van der Waals surface area contributed by atoms with Crippen LogP contribution in [0.3, 0.4) is 0 Å². The molecule has 1 rings (SSSR count). The minimum atomic E-state index is 0.345. The Labute approximate surface area is 97.5 Å². The molecular weight excluding hydrogens is 260 g/mol. The summed E-state index contributed by atoms with van der Waals surface area (Å²) < 4.78 is 6.22. The van der Waals surface area contributed by atoms with Gasteiger partial charge in [0.05, 0.1) is 17.3 Å². The predicted octanol–water partition coefficient (Wildman–Crippen LogP) is 1.95. The zero-order chi connectivity index (χ0) is 11.3. The van der Waals surface area contributed by atoms with Gasteiger partial charge in [-0.15, -0.1) is 0 Å². The SMILES string of the molecule is CC(C)CCOc1nc(NN)ncc1Br. The fourth-order valence-electron chi connectivity index (χ4n) is 0.914. The number of hydrogen-bond acceptors (Lipinski definition) is 5. The predicted molar refractivity (Wildman–Crippen MR) is 62.5 cm³/mol. The first-order valence-electron chi connectivity index (χ1n) is 4.75. The largest absolute Gasteiger partial charge is 0.477 e. The van der Waals surface area contributed by atoms with E-state index >= 15 is 0 Å². The first kappa shape index (κ1) is 12.2. The molecule has 1 aromatic rings. The quantitative estimate of drug-likeness (QED) is 0.634. The number of ether oxygens (including phenoxy) is 1. The Bertz CT molecular complexity index is 319. The molecule has 0 fully saturated rings. The molecule has 0 aromatic carbocycles. The van der Waals surface area contributed by atoms with Crippen LogP contribution < -0.4 is 16.0 Å². The smallest absolute Gasteiger partial charge is 0.240 e. The Morgan fingerprint density at radius 2 is 2.33 bits per heavy atom. The first-order valence-corrected chi connectivity index (χ1v) is 5.54. The number of nitrogen functional groups attached to an aromatic ring is 1. The molecule has 0 radical (unpaired) electrons. The van der Waals surface area contributed by atoms with Gasteiger partial charge in [-0.05, 0) is 28.3 Å². The average Bonchev–Trinajstić information content (AvgIpc) is 2.20. The number of halogens is 1. The maximum atomic E-state index is 5.50. The van der Waals surface area contributed by atoms with E-state index in [1.54, 1.807) is 6.20 Å². The van der Waals surface area contributed by atoms with Crippen LogP contribution in [-0.2, 0) is 0 Å². The summed E-state index contributed by atoms with van der Waals surface area (Å²) in [6, 6.07) is 0. The van der Waals surface area contributed by atoms with Gasteiger partial charge in [0, 0.05) is 0 Å². The molecule has 0 amide bonds. The topological polar surface area (TPSA) is 73.1 Å². The van der Waals surface area contributed by atoms with Crippen molar-refractivity contribution in [2.24, 2.45) is 11.8 Å². The molecule has 3 N–H and O–H groups in total. The van der Waals surface area contributed by atoms with Crippen molar-refractivity contribution in [3.05, 3.63) is 10.7 Å². The molecule has 1 aromatic heterocycles. The molecule has 1 heterocycles. The molecule has 0 atom stereocenters. The number of nitrogens with two attached hydrogens (primary N) is 1. The molecule has 0 unspecified atom stereocenters. The second kappa shape index (κ2) is 5.87. The minimum Gasteiger partial charge on any atom is -0.477 e. The normalized spacial score (nSPS) is 10.5. The maximum absolute atomic E-state index is 5.50. The molecule has 0 aliphatic heterocycles. The monoisotopic (exact) mass is 274 g/mol. The second-order valence-electron chi connectivity index (χ2n) is 3.52. The number of hydrazine groups is 1. The fraction of sp³-hybridized carbons (Fsp3) is 0.556. The van der Waals surface area contributed by atoms with E-state index in [0.29, 0.717) is 24.4 Å². The lowest BCUT2D eigenvalue weighted by Gasteiger charge is -2.09. The summed E-state index contributed by atoms with van der Waals surface area (Å²) in [5.41, 5.74) is 2.37. The number of rotatable bonds is 5. The van der Waals surface area contributed by atoms with Crippen LogP contribution in [0.1, 0.15) is 20.3 Å². The van der Waals surface area contributed by atoms with Gasteiger partial charge in [-0.3, -0.25) is 5.43 Å². The van der Waals surface area contributed by atoms with Crippen LogP contribution in [0.5, 0.6) is 5.88 Å². The number of anilines is 1. The van der Waals surface area contributed by atoms with Crippen molar-refractivity contribution in [3.63, 3.8) is 0 Å². The number of hydrogen-bond donors (Lipinski definition) is 2. The summed E-state index contributed by atoms with van der Waals surface area (Å²) in [6.07, 6.45) is 2.59. The average molecular weight is 275 g/mol. The van der Waals surface area contributed by atoms with E-state index in [4.69, 9.17) is 10.6 Å². The molecule has 84 valence electrons. The van der Waals surface area contributed by atoms with Crippen LogP contribution in [0.25, 0.3) is 0 Å². The highest BCUT2D eigenvalue weighted by atomic mass is 79.9. The molecule has 0 bridgehead atoms. The van der Waals surface area contributed by atoms with E-state index in [9.17, 15) is 0 Å². The van der Waals surface area contributed by atoms with E-state index in [2.05, 4.69) is 45.2 Å². The zero-order valence-electron chi connectivity index (χ0n) is 8.83. The van der Waals surface area contributed by atoms with Gasteiger partial charge in [-0.1, -0.05) is 13.8 Å². The van der Waals surface area contributed by atoms with E-state index in [-0.39, 0.29) is 0 Å². The van der Waals surface area contributed by atoms with Crippen LogP contribution in [0.4, 0.5) is 5.95 Å². The summed E-state index contributed by atoms with van der Waals surface area (Å²) >= 11 is 3.31. The lowest BCUT2D eigenvalue weighted by molar-refractivity contribution is 0.277. The third-order valence-electron chi connectivity index (χ3n) is 1.78. The lowest BCUT2D eigenvalue weighted by Crippen LogP contribution is -2.11. The third-order valence-corrected chi connectivity index (χ3v) is 2.32. The van der Waals surface area contributed by atoms with Gasteiger partial charge < -0.3 is 4.74 Å². The maximum Gasteiger partial charge on any atom is 0.240 e.